The van der Waals surface area contributed by atoms with E-state index in [0.717, 1.165) is 6.07 Å². The lowest BCUT2D eigenvalue weighted by Crippen LogP contribution is -2.11. The van der Waals surface area contributed by atoms with Gasteiger partial charge in [-0.25, -0.2) is 9.18 Å². The molecular formula is C14H12FN3O3. The topological polar surface area (TPSA) is 118 Å². The number of amides is 1. The van der Waals surface area contributed by atoms with Gasteiger partial charge in [0.15, 0.2) is 0 Å². The fourth-order valence-corrected chi connectivity index (χ4v) is 1.83. The van der Waals surface area contributed by atoms with Crippen molar-refractivity contribution in [3.05, 3.63) is 53.3 Å². The number of nitrogens with one attached hydrogen (secondary N) is 1. The first kappa shape index (κ1) is 14.3. The molecule has 6 nitrogen and oxygen atoms in total. The third kappa shape index (κ3) is 2.92. The van der Waals surface area contributed by atoms with E-state index in [-0.39, 0.29) is 16.8 Å². The van der Waals surface area contributed by atoms with Crippen LogP contribution in [0.4, 0.5) is 21.5 Å². The Morgan fingerprint density at radius 1 is 1.19 bits per heavy atom. The number of hydrogen-bond acceptors (Lipinski definition) is 4. The number of nitrogen functional groups attached to an aromatic ring is 1. The quantitative estimate of drug-likeness (QED) is 0.641. The standard InChI is InChI=1S/C14H12FN3O3/c15-9-4-5-10(11(12(9)16)14(20)21)18-8-3-1-2-7(6-8)13(17)19/h1-6,18H,16H2,(H2,17,19)(H,20,21). The maximum atomic E-state index is 13.4. The minimum Gasteiger partial charge on any atom is -0.478 e. The van der Waals surface area contributed by atoms with E-state index >= 15 is 0 Å². The zero-order valence-electron chi connectivity index (χ0n) is 10.8. The second-order valence-corrected chi connectivity index (χ2v) is 4.26. The Morgan fingerprint density at radius 2 is 1.90 bits per heavy atom. The minimum atomic E-state index is -1.36. The van der Waals surface area contributed by atoms with E-state index in [1.54, 1.807) is 12.1 Å². The smallest absolute Gasteiger partial charge is 0.340 e. The number of halogens is 1. The Hall–Kier alpha value is -3.09. The maximum Gasteiger partial charge on any atom is 0.340 e. The molecule has 0 aliphatic heterocycles. The van der Waals surface area contributed by atoms with Crippen LogP contribution in [-0.2, 0) is 0 Å². The van der Waals surface area contributed by atoms with Gasteiger partial charge in [-0.1, -0.05) is 6.07 Å². The monoisotopic (exact) mass is 289 g/mol. The lowest BCUT2D eigenvalue weighted by Gasteiger charge is -2.12. The highest BCUT2D eigenvalue weighted by molar-refractivity contribution is 6.01. The zero-order valence-corrected chi connectivity index (χ0v) is 10.8. The average Bonchev–Trinajstić information content (AvgIpc) is 2.43. The van der Waals surface area contributed by atoms with Crippen LogP contribution in [0.15, 0.2) is 36.4 Å². The molecule has 1 amide bonds. The number of carbonyl (C=O) groups is 2. The van der Waals surface area contributed by atoms with Crippen molar-refractivity contribution in [1.82, 2.24) is 0 Å². The van der Waals surface area contributed by atoms with Gasteiger partial charge in [-0.05, 0) is 30.3 Å². The molecule has 0 fully saturated rings. The molecule has 0 bridgehead atoms. The molecule has 0 saturated heterocycles. The first-order valence-corrected chi connectivity index (χ1v) is 5.88. The van der Waals surface area contributed by atoms with E-state index in [2.05, 4.69) is 5.32 Å². The number of carboxylic acids is 1. The molecule has 6 N–H and O–H groups in total. The highest BCUT2D eigenvalue weighted by atomic mass is 19.1. The van der Waals surface area contributed by atoms with Crippen molar-refractivity contribution in [1.29, 1.82) is 0 Å². The van der Waals surface area contributed by atoms with Crippen LogP contribution >= 0.6 is 0 Å². The Morgan fingerprint density at radius 3 is 2.52 bits per heavy atom. The fourth-order valence-electron chi connectivity index (χ4n) is 1.83. The van der Waals surface area contributed by atoms with Crippen molar-refractivity contribution < 1.29 is 19.1 Å². The van der Waals surface area contributed by atoms with Gasteiger partial charge in [0, 0.05) is 11.3 Å². The highest BCUT2D eigenvalue weighted by Gasteiger charge is 2.17. The van der Waals surface area contributed by atoms with Crippen molar-refractivity contribution in [2.45, 2.75) is 0 Å². The average molecular weight is 289 g/mol. The summed E-state index contributed by atoms with van der Waals surface area (Å²) in [6, 6.07) is 8.47. The van der Waals surface area contributed by atoms with Crippen molar-refractivity contribution in [2.24, 2.45) is 5.73 Å². The number of carbonyl (C=O) groups excluding carboxylic acids is 1. The number of aromatic carboxylic acids is 1. The second kappa shape index (κ2) is 5.49. The normalized spacial score (nSPS) is 10.1. The van der Waals surface area contributed by atoms with Gasteiger partial charge in [0.2, 0.25) is 5.91 Å². The molecule has 2 rings (SSSR count). The highest BCUT2D eigenvalue weighted by Crippen LogP contribution is 2.28. The van der Waals surface area contributed by atoms with Crippen LogP contribution in [0.25, 0.3) is 0 Å². The third-order valence-corrected chi connectivity index (χ3v) is 2.83. The van der Waals surface area contributed by atoms with E-state index in [1.165, 1.54) is 18.2 Å². The van der Waals surface area contributed by atoms with E-state index in [4.69, 9.17) is 16.6 Å². The molecule has 0 aliphatic carbocycles. The van der Waals surface area contributed by atoms with Crippen LogP contribution in [-0.4, -0.2) is 17.0 Å². The summed E-state index contributed by atoms with van der Waals surface area (Å²) in [4.78, 5) is 22.3. The van der Waals surface area contributed by atoms with Gasteiger partial charge < -0.3 is 21.9 Å². The maximum absolute atomic E-state index is 13.4. The molecule has 0 aromatic heterocycles. The summed E-state index contributed by atoms with van der Waals surface area (Å²) in [5, 5.41) is 11.9. The summed E-state index contributed by atoms with van der Waals surface area (Å²) in [5.41, 5.74) is 10.6. The van der Waals surface area contributed by atoms with Crippen molar-refractivity contribution in [3.63, 3.8) is 0 Å². The van der Waals surface area contributed by atoms with E-state index in [0.29, 0.717) is 5.69 Å². The molecule has 0 radical (unpaired) electrons. The molecule has 0 spiro atoms. The molecule has 0 saturated carbocycles. The van der Waals surface area contributed by atoms with Gasteiger partial charge in [0.25, 0.3) is 0 Å². The number of carboxylic acid groups (broad SMARTS) is 1. The number of anilines is 3. The van der Waals surface area contributed by atoms with Crippen LogP contribution in [0.1, 0.15) is 20.7 Å². The Bertz CT molecular complexity index is 731. The molecule has 108 valence electrons. The third-order valence-electron chi connectivity index (χ3n) is 2.83. The number of benzene rings is 2. The van der Waals surface area contributed by atoms with Crippen LogP contribution in [0, 0.1) is 5.82 Å². The predicted molar refractivity (Wildman–Crippen MR) is 76.0 cm³/mol. The predicted octanol–water partition coefficient (Wildman–Crippen LogP) is 1.95. The first-order chi connectivity index (χ1) is 9.90. The molecule has 2 aromatic carbocycles. The Balaban J connectivity index is 2.45. The lowest BCUT2D eigenvalue weighted by atomic mass is 10.1. The van der Waals surface area contributed by atoms with Gasteiger partial charge >= 0.3 is 5.97 Å². The molecule has 0 unspecified atom stereocenters. The van der Waals surface area contributed by atoms with Crippen molar-refractivity contribution in [2.75, 3.05) is 11.1 Å². The van der Waals surface area contributed by atoms with Crippen LogP contribution in [0.5, 0.6) is 0 Å². The Kier molecular flexibility index (Phi) is 3.75. The van der Waals surface area contributed by atoms with Gasteiger partial charge in [0.1, 0.15) is 11.4 Å². The van der Waals surface area contributed by atoms with E-state index in [1.807, 2.05) is 0 Å². The summed E-state index contributed by atoms with van der Waals surface area (Å²) in [6.45, 7) is 0. The Labute approximate surface area is 119 Å². The molecule has 0 heterocycles. The first-order valence-electron chi connectivity index (χ1n) is 5.88. The van der Waals surface area contributed by atoms with Gasteiger partial charge in [-0.3, -0.25) is 4.79 Å². The van der Waals surface area contributed by atoms with Gasteiger partial charge in [-0.15, -0.1) is 0 Å². The molecule has 21 heavy (non-hydrogen) atoms. The van der Waals surface area contributed by atoms with Crippen molar-refractivity contribution in [3.8, 4) is 0 Å². The van der Waals surface area contributed by atoms with Crippen LogP contribution in [0.2, 0.25) is 0 Å². The van der Waals surface area contributed by atoms with Crippen LogP contribution < -0.4 is 16.8 Å². The summed E-state index contributed by atoms with van der Waals surface area (Å²) < 4.78 is 13.4. The summed E-state index contributed by atoms with van der Waals surface area (Å²) in [6.07, 6.45) is 0. The molecule has 2 aromatic rings. The number of nitrogens with two attached hydrogens (primary N) is 2. The van der Waals surface area contributed by atoms with E-state index < -0.39 is 23.4 Å². The van der Waals surface area contributed by atoms with Crippen LogP contribution in [0.3, 0.4) is 0 Å². The van der Waals surface area contributed by atoms with Crippen molar-refractivity contribution >= 4 is 28.9 Å². The fraction of sp³-hybridized carbons (Fsp3) is 0. The van der Waals surface area contributed by atoms with E-state index in [9.17, 15) is 14.0 Å². The SMILES string of the molecule is NC(=O)c1cccc(Nc2ccc(F)c(N)c2C(=O)O)c1. The number of hydrogen-bond donors (Lipinski definition) is 4. The summed E-state index contributed by atoms with van der Waals surface area (Å²) in [7, 11) is 0. The van der Waals surface area contributed by atoms with Gasteiger partial charge in [0.05, 0.1) is 11.4 Å². The summed E-state index contributed by atoms with van der Waals surface area (Å²) >= 11 is 0. The lowest BCUT2D eigenvalue weighted by molar-refractivity contribution is 0.0698. The molecule has 0 aliphatic rings. The molecule has 0 atom stereocenters. The number of primary amides is 1. The minimum absolute atomic E-state index is 0.114. The molecular weight excluding hydrogens is 277 g/mol. The van der Waals surface area contributed by atoms with Gasteiger partial charge in [-0.2, -0.15) is 0 Å². The molecule has 7 heteroatoms. The largest absolute Gasteiger partial charge is 0.478 e. The summed E-state index contributed by atoms with van der Waals surface area (Å²) in [5.74, 6) is -2.79. The second-order valence-electron chi connectivity index (χ2n) is 4.26. The zero-order chi connectivity index (χ0) is 15.6. The number of rotatable bonds is 4.